The van der Waals surface area contributed by atoms with Gasteiger partial charge in [0, 0.05) is 19.8 Å². The number of carbonyl (C=O) groups excluding carboxylic acids is 1. The molecule has 0 aliphatic rings. The summed E-state index contributed by atoms with van der Waals surface area (Å²) < 4.78 is 15.8. The number of ether oxygens (including phenoxy) is 3. The Morgan fingerprint density at radius 1 is 1.00 bits per heavy atom. The second-order valence-electron chi connectivity index (χ2n) is 2.35. The largest absolute Gasteiger partial charge is 0.327 e. The van der Waals surface area contributed by atoms with E-state index in [4.69, 9.17) is 14.2 Å². The highest BCUT2D eigenvalue weighted by Gasteiger charge is 2.31. The highest BCUT2D eigenvalue weighted by Crippen LogP contribution is 2.18. The zero-order valence-corrected chi connectivity index (χ0v) is 8.54. The summed E-state index contributed by atoms with van der Waals surface area (Å²) in [7, 11) is 0. The van der Waals surface area contributed by atoms with Crippen LogP contribution in [0.1, 0.15) is 27.2 Å². The van der Waals surface area contributed by atoms with Gasteiger partial charge in [0.25, 0.3) is 5.97 Å². The standard InChI is InChI=1S/C9H18O4/c1-4-11-9(7-8-10,12-5-2)13-6-3/h8H,4-7H2,1-3H3. The first-order valence-electron chi connectivity index (χ1n) is 4.60. The third-order valence-corrected chi connectivity index (χ3v) is 1.43. The SMILES string of the molecule is CCOC(CC=O)(OCC)OCC. The van der Waals surface area contributed by atoms with Gasteiger partial charge >= 0.3 is 0 Å². The van der Waals surface area contributed by atoms with E-state index in [0.29, 0.717) is 19.8 Å². The number of aldehydes is 1. The van der Waals surface area contributed by atoms with Crippen LogP contribution in [-0.4, -0.2) is 32.1 Å². The van der Waals surface area contributed by atoms with E-state index in [-0.39, 0.29) is 6.42 Å². The summed E-state index contributed by atoms with van der Waals surface area (Å²) in [6.07, 6.45) is 0.837. The maximum Gasteiger partial charge on any atom is 0.289 e. The summed E-state index contributed by atoms with van der Waals surface area (Å²) in [6, 6.07) is 0. The van der Waals surface area contributed by atoms with Crippen molar-refractivity contribution < 1.29 is 19.0 Å². The molecule has 0 aromatic heterocycles. The van der Waals surface area contributed by atoms with E-state index in [0.717, 1.165) is 6.29 Å². The summed E-state index contributed by atoms with van der Waals surface area (Å²) in [4.78, 5) is 10.4. The Morgan fingerprint density at radius 2 is 1.38 bits per heavy atom. The monoisotopic (exact) mass is 190 g/mol. The lowest BCUT2D eigenvalue weighted by atomic mass is 10.4. The third-order valence-electron chi connectivity index (χ3n) is 1.43. The molecule has 0 spiro atoms. The highest BCUT2D eigenvalue weighted by molar-refractivity contribution is 5.50. The molecule has 4 heteroatoms. The fourth-order valence-corrected chi connectivity index (χ4v) is 1.06. The summed E-state index contributed by atoms with van der Waals surface area (Å²) in [5.41, 5.74) is 0. The smallest absolute Gasteiger partial charge is 0.289 e. The van der Waals surface area contributed by atoms with Gasteiger partial charge in [-0.1, -0.05) is 0 Å². The zero-order valence-electron chi connectivity index (χ0n) is 8.54. The number of hydrogen-bond donors (Lipinski definition) is 0. The van der Waals surface area contributed by atoms with Gasteiger partial charge in [0.2, 0.25) is 0 Å². The van der Waals surface area contributed by atoms with Crippen molar-refractivity contribution in [2.45, 2.75) is 33.2 Å². The van der Waals surface area contributed by atoms with Crippen molar-refractivity contribution in [1.29, 1.82) is 0 Å². The molecule has 78 valence electrons. The minimum absolute atomic E-state index is 0.0997. The predicted molar refractivity (Wildman–Crippen MR) is 48.3 cm³/mol. The maximum absolute atomic E-state index is 10.4. The molecule has 0 saturated heterocycles. The van der Waals surface area contributed by atoms with Crippen molar-refractivity contribution in [3.63, 3.8) is 0 Å². The molecule has 0 aromatic rings. The molecule has 0 rings (SSSR count). The van der Waals surface area contributed by atoms with E-state index < -0.39 is 5.97 Å². The zero-order chi connectivity index (χ0) is 10.2. The summed E-state index contributed by atoms with van der Waals surface area (Å²) >= 11 is 0. The Balaban J connectivity index is 4.27. The molecule has 0 unspecified atom stereocenters. The minimum atomic E-state index is -1.17. The second-order valence-corrected chi connectivity index (χ2v) is 2.35. The van der Waals surface area contributed by atoms with Gasteiger partial charge in [-0.3, -0.25) is 0 Å². The number of rotatable bonds is 8. The van der Waals surface area contributed by atoms with Gasteiger partial charge in [-0.2, -0.15) is 0 Å². The van der Waals surface area contributed by atoms with Gasteiger partial charge in [-0.05, 0) is 20.8 Å². The normalized spacial score (nSPS) is 11.6. The molecule has 0 N–H and O–H groups in total. The van der Waals surface area contributed by atoms with Gasteiger partial charge in [-0.25, -0.2) is 0 Å². The Morgan fingerprint density at radius 3 is 1.62 bits per heavy atom. The summed E-state index contributed by atoms with van der Waals surface area (Å²) in [5.74, 6) is -1.17. The Bertz CT molecular complexity index is 119. The topological polar surface area (TPSA) is 44.8 Å². The number of hydrogen-bond acceptors (Lipinski definition) is 4. The Hall–Kier alpha value is -0.450. The molecule has 13 heavy (non-hydrogen) atoms. The average Bonchev–Trinajstić information content (AvgIpc) is 2.06. The molecule has 4 nitrogen and oxygen atoms in total. The van der Waals surface area contributed by atoms with E-state index in [1.54, 1.807) is 0 Å². The highest BCUT2D eigenvalue weighted by atomic mass is 16.9. The molecule has 0 aromatic carbocycles. The first-order chi connectivity index (χ1) is 6.24. The fourth-order valence-electron chi connectivity index (χ4n) is 1.06. The lowest BCUT2D eigenvalue weighted by Crippen LogP contribution is -2.39. The van der Waals surface area contributed by atoms with E-state index >= 15 is 0 Å². The Labute approximate surface area is 79.2 Å². The second kappa shape index (κ2) is 7.00. The van der Waals surface area contributed by atoms with Crippen molar-refractivity contribution in [2.75, 3.05) is 19.8 Å². The molecule has 0 atom stereocenters. The van der Waals surface area contributed by atoms with Crippen LogP contribution in [0.15, 0.2) is 0 Å². The quantitative estimate of drug-likeness (QED) is 0.428. The van der Waals surface area contributed by atoms with Gasteiger partial charge in [0.1, 0.15) is 6.29 Å². The van der Waals surface area contributed by atoms with E-state index in [9.17, 15) is 4.79 Å². The van der Waals surface area contributed by atoms with Gasteiger partial charge in [0.05, 0.1) is 6.42 Å². The van der Waals surface area contributed by atoms with Crippen molar-refractivity contribution >= 4 is 6.29 Å². The number of carbonyl (C=O) groups is 1. The van der Waals surface area contributed by atoms with Crippen LogP contribution in [0.3, 0.4) is 0 Å². The van der Waals surface area contributed by atoms with Crippen LogP contribution < -0.4 is 0 Å². The fraction of sp³-hybridized carbons (Fsp3) is 0.889. The molecule has 0 heterocycles. The molecule has 0 bridgehead atoms. The van der Waals surface area contributed by atoms with Gasteiger partial charge < -0.3 is 19.0 Å². The van der Waals surface area contributed by atoms with Crippen LogP contribution in [0.5, 0.6) is 0 Å². The van der Waals surface area contributed by atoms with Crippen LogP contribution >= 0.6 is 0 Å². The molecule has 0 amide bonds. The van der Waals surface area contributed by atoms with Crippen molar-refractivity contribution in [3.8, 4) is 0 Å². The third kappa shape index (κ3) is 4.36. The molecule has 0 fully saturated rings. The van der Waals surface area contributed by atoms with E-state index in [1.807, 2.05) is 20.8 Å². The van der Waals surface area contributed by atoms with Crippen molar-refractivity contribution in [2.24, 2.45) is 0 Å². The lowest BCUT2D eigenvalue weighted by molar-refractivity contribution is -0.373. The van der Waals surface area contributed by atoms with Gasteiger partial charge in [-0.15, -0.1) is 0 Å². The molecular formula is C9H18O4. The lowest BCUT2D eigenvalue weighted by Gasteiger charge is -2.30. The van der Waals surface area contributed by atoms with Crippen molar-refractivity contribution in [3.05, 3.63) is 0 Å². The van der Waals surface area contributed by atoms with Crippen LogP contribution in [0.2, 0.25) is 0 Å². The van der Waals surface area contributed by atoms with E-state index in [2.05, 4.69) is 0 Å². The van der Waals surface area contributed by atoms with Crippen LogP contribution in [0.25, 0.3) is 0 Å². The van der Waals surface area contributed by atoms with E-state index in [1.165, 1.54) is 0 Å². The molecule has 0 radical (unpaired) electrons. The Kier molecular flexibility index (Phi) is 6.76. The maximum atomic E-state index is 10.4. The first kappa shape index (κ1) is 12.6. The molecule has 0 saturated carbocycles. The van der Waals surface area contributed by atoms with Crippen LogP contribution in [0, 0.1) is 0 Å². The minimum Gasteiger partial charge on any atom is -0.327 e. The first-order valence-corrected chi connectivity index (χ1v) is 4.60. The molecule has 0 aliphatic heterocycles. The molecule has 0 aliphatic carbocycles. The van der Waals surface area contributed by atoms with Crippen LogP contribution in [0.4, 0.5) is 0 Å². The summed E-state index contributed by atoms with van der Waals surface area (Å²) in [5, 5.41) is 0. The van der Waals surface area contributed by atoms with Gasteiger partial charge in [0.15, 0.2) is 0 Å². The predicted octanol–water partition coefficient (Wildman–Crippen LogP) is 1.34. The summed E-state index contributed by atoms with van der Waals surface area (Å²) in [6.45, 7) is 6.85. The molecular weight excluding hydrogens is 172 g/mol. The van der Waals surface area contributed by atoms with Crippen LogP contribution in [-0.2, 0) is 19.0 Å². The average molecular weight is 190 g/mol. The van der Waals surface area contributed by atoms with Crippen molar-refractivity contribution in [1.82, 2.24) is 0 Å².